The fourth-order valence-electron chi connectivity index (χ4n) is 7.60. The molecule has 0 radical (unpaired) electrons. The first-order valence-electron chi connectivity index (χ1n) is 17.4. The fourth-order valence-corrected chi connectivity index (χ4v) is 7.60. The van der Waals surface area contributed by atoms with Crippen molar-refractivity contribution in [1.82, 2.24) is 34.1 Å². The highest BCUT2D eigenvalue weighted by Gasteiger charge is 2.25. The maximum absolute atomic E-state index is 6.82. The summed E-state index contributed by atoms with van der Waals surface area (Å²) in [6.07, 6.45) is 3.59. The molecule has 53 heavy (non-hydrogen) atoms. The van der Waals surface area contributed by atoms with Crippen molar-refractivity contribution >= 4 is 54.7 Å². The smallest absolute Gasteiger partial charge is 0.307 e. The predicted octanol–water partition coefficient (Wildman–Crippen LogP) is 10.6. The van der Waals surface area contributed by atoms with Crippen LogP contribution in [0, 0.1) is 0 Å². The van der Waals surface area contributed by atoms with Crippen LogP contribution < -0.4 is 0 Å². The second-order valence-corrected chi connectivity index (χ2v) is 13.0. The molecule has 0 saturated carbocycles. The van der Waals surface area contributed by atoms with Gasteiger partial charge < -0.3 is 4.42 Å². The van der Waals surface area contributed by atoms with Crippen LogP contribution in [0.4, 0.5) is 0 Å². The van der Waals surface area contributed by atoms with E-state index in [1.165, 1.54) is 0 Å². The molecule has 0 fully saturated rings. The molecule has 0 saturated heterocycles. The van der Waals surface area contributed by atoms with Crippen molar-refractivity contribution in [2.45, 2.75) is 0 Å². The number of fused-ring (bicyclic) bond motifs is 8. The van der Waals surface area contributed by atoms with Gasteiger partial charge in [0.2, 0.25) is 5.95 Å². The average molecular weight is 682 g/mol. The predicted molar refractivity (Wildman–Crippen MR) is 210 cm³/mol. The van der Waals surface area contributed by atoms with Gasteiger partial charge in [0, 0.05) is 50.6 Å². The molecule has 248 valence electrons. The van der Waals surface area contributed by atoms with Crippen molar-refractivity contribution in [2.75, 3.05) is 0 Å². The van der Waals surface area contributed by atoms with Gasteiger partial charge in [0.05, 0.1) is 22.1 Å². The topological polar surface area (TPSA) is 87.5 Å². The lowest BCUT2D eigenvalue weighted by Crippen LogP contribution is -2.07. The maximum Gasteiger partial charge on any atom is 0.307 e. The molecule has 0 unspecified atom stereocenters. The number of nitrogens with zero attached hydrogens (tertiary/aromatic N) is 7. The molecule has 0 aliphatic heterocycles. The molecule has 6 aromatic carbocycles. The Labute approximate surface area is 302 Å². The van der Waals surface area contributed by atoms with Gasteiger partial charge in [0.25, 0.3) is 0 Å². The summed E-state index contributed by atoms with van der Waals surface area (Å²) in [5.74, 6) is 1.71. The first kappa shape index (κ1) is 29.3. The summed E-state index contributed by atoms with van der Waals surface area (Å²) in [7, 11) is 0. The quantitative estimate of drug-likeness (QED) is 0.180. The molecule has 8 nitrogen and oxygen atoms in total. The number of para-hydroxylation sites is 3. The van der Waals surface area contributed by atoms with Crippen LogP contribution in [0.25, 0.3) is 101 Å². The Hall–Kier alpha value is -7.45. The summed E-state index contributed by atoms with van der Waals surface area (Å²) in [5.41, 5.74) is 9.11. The number of benzene rings is 6. The normalized spacial score (nSPS) is 11.8. The van der Waals surface area contributed by atoms with Crippen molar-refractivity contribution in [3.63, 3.8) is 0 Å². The Balaban J connectivity index is 1.28. The Morgan fingerprint density at radius 2 is 0.981 bits per heavy atom. The van der Waals surface area contributed by atoms with E-state index in [4.69, 9.17) is 24.4 Å². The van der Waals surface area contributed by atoms with Gasteiger partial charge in [-0.2, -0.15) is 15.0 Å². The van der Waals surface area contributed by atoms with Crippen LogP contribution >= 0.6 is 0 Å². The minimum absolute atomic E-state index is 0.475. The molecular weight excluding hydrogens is 655 g/mol. The van der Waals surface area contributed by atoms with Gasteiger partial charge in [0.1, 0.15) is 5.52 Å². The van der Waals surface area contributed by atoms with Gasteiger partial charge in [0.15, 0.2) is 17.2 Å². The monoisotopic (exact) mass is 681 g/mol. The van der Waals surface area contributed by atoms with E-state index in [1.807, 2.05) is 84.9 Å². The molecule has 0 spiro atoms. The number of rotatable bonds is 5. The van der Waals surface area contributed by atoms with E-state index in [9.17, 15) is 0 Å². The largest absolute Gasteiger partial charge is 0.422 e. The first-order valence-corrected chi connectivity index (χ1v) is 17.4. The van der Waals surface area contributed by atoms with Crippen LogP contribution in [0.15, 0.2) is 168 Å². The third-order valence-corrected chi connectivity index (χ3v) is 9.94. The number of oxazole rings is 1. The van der Waals surface area contributed by atoms with Crippen molar-refractivity contribution < 1.29 is 4.42 Å². The SMILES string of the molecule is c1ccc(-c2nc(-c3ccccc3)nc(-n3c4ccccc4c4ccc5c6ccccc6n(-c6nc7cccc(-c8ccncc8)c7o6)c5c43)n2)cc1. The van der Waals surface area contributed by atoms with E-state index in [-0.39, 0.29) is 0 Å². The average Bonchev–Trinajstić information content (AvgIpc) is 3.92. The van der Waals surface area contributed by atoms with Gasteiger partial charge in [-0.3, -0.25) is 14.1 Å². The van der Waals surface area contributed by atoms with Gasteiger partial charge in [-0.1, -0.05) is 121 Å². The summed E-state index contributed by atoms with van der Waals surface area (Å²) in [5, 5.41) is 4.30. The second kappa shape index (κ2) is 11.5. The summed E-state index contributed by atoms with van der Waals surface area (Å²) in [6.45, 7) is 0. The van der Waals surface area contributed by atoms with Crippen molar-refractivity contribution in [3.8, 4) is 45.9 Å². The molecule has 0 amide bonds. The first-order chi connectivity index (χ1) is 26.3. The standard InChI is InChI=1S/C45H27N7O/c1-3-12-29(13-4-1)42-48-43(30-14-5-2-6-15-30)50-44(49-42)51-37-20-9-7-16-32(37)34-22-23-35-33-17-8-10-21-38(33)52(40(35)39(34)51)45-47-36-19-11-18-31(41(36)53-45)28-24-26-46-27-25-28/h1-27H. The van der Waals surface area contributed by atoms with E-state index in [0.717, 1.165) is 71.4 Å². The summed E-state index contributed by atoms with van der Waals surface area (Å²) in [6, 6.07) is 51.9. The van der Waals surface area contributed by atoms with Gasteiger partial charge in [-0.05, 0) is 35.9 Å². The van der Waals surface area contributed by atoms with E-state index < -0.39 is 0 Å². The van der Waals surface area contributed by atoms with E-state index in [0.29, 0.717) is 29.2 Å². The van der Waals surface area contributed by atoms with Crippen LogP contribution in [0.5, 0.6) is 0 Å². The molecular formula is C45H27N7O. The number of hydrogen-bond donors (Lipinski definition) is 0. The molecule has 0 aliphatic carbocycles. The van der Waals surface area contributed by atoms with E-state index in [1.54, 1.807) is 12.4 Å². The maximum atomic E-state index is 6.82. The lowest BCUT2D eigenvalue weighted by molar-refractivity contribution is 0.575. The fraction of sp³-hybridized carbons (Fsp3) is 0. The number of pyridine rings is 1. The highest BCUT2D eigenvalue weighted by atomic mass is 16.4. The molecule has 0 N–H and O–H groups in total. The number of hydrogen-bond acceptors (Lipinski definition) is 6. The zero-order valence-electron chi connectivity index (χ0n) is 28.1. The third-order valence-electron chi connectivity index (χ3n) is 9.94. The van der Waals surface area contributed by atoms with Crippen LogP contribution in [-0.4, -0.2) is 34.1 Å². The molecule has 11 rings (SSSR count). The summed E-state index contributed by atoms with van der Waals surface area (Å²) in [4.78, 5) is 24.8. The minimum Gasteiger partial charge on any atom is -0.422 e. The van der Waals surface area contributed by atoms with E-state index in [2.05, 4.69) is 80.8 Å². The molecule has 5 aromatic heterocycles. The van der Waals surface area contributed by atoms with Crippen LogP contribution in [0.1, 0.15) is 0 Å². The second-order valence-electron chi connectivity index (χ2n) is 13.0. The van der Waals surface area contributed by atoms with Crippen molar-refractivity contribution in [1.29, 1.82) is 0 Å². The Morgan fingerprint density at radius 3 is 1.62 bits per heavy atom. The van der Waals surface area contributed by atoms with Crippen molar-refractivity contribution in [2.24, 2.45) is 0 Å². The summed E-state index contributed by atoms with van der Waals surface area (Å²) < 4.78 is 11.1. The molecule has 8 heteroatoms. The molecule has 0 aliphatic rings. The van der Waals surface area contributed by atoms with Crippen LogP contribution in [0.3, 0.4) is 0 Å². The minimum atomic E-state index is 0.475. The van der Waals surface area contributed by atoms with Gasteiger partial charge in [-0.15, -0.1) is 0 Å². The van der Waals surface area contributed by atoms with Crippen LogP contribution in [0.2, 0.25) is 0 Å². The van der Waals surface area contributed by atoms with E-state index >= 15 is 0 Å². The molecule has 11 aromatic rings. The Bertz CT molecular complexity index is 3110. The van der Waals surface area contributed by atoms with Gasteiger partial charge in [-0.25, -0.2) is 4.98 Å². The number of aromatic nitrogens is 7. The lowest BCUT2D eigenvalue weighted by Gasteiger charge is -2.12. The van der Waals surface area contributed by atoms with Gasteiger partial charge >= 0.3 is 6.01 Å². The highest BCUT2D eigenvalue weighted by molar-refractivity contribution is 6.23. The Morgan fingerprint density at radius 1 is 0.415 bits per heavy atom. The lowest BCUT2D eigenvalue weighted by atomic mass is 10.1. The molecule has 0 bridgehead atoms. The van der Waals surface area contributed by atoms with Crippen molar-refractivity contribution in [3.05, 3.63) is 164 Å². The summed E-state index contributed by atoms with van der Waals surface area (Å²) >= 11 is 0. The zero-order chi connectivity index (χ0) is 34.9. The third kappa shape index (κ3) is 4.52. The Kier molecular flexibility index (Phi) is 6.38. The highest BCUT2D eigenvalue weighted by Crippen LogP contribution is 2.42. The molecule has 5 heterocycles. The zero-order valence-corrected chi connectivity index (χ0v) is 28.1. The van der Waals surface area contributed by atoms with Crippen LogP contribution in [-0.2, 0) is 0 Å². The molecule has 0 atom stereocenters.